The van der Waals surface area contributed by atoms with Gasteiger partial charge in [-0.05, 0) is 12.1 Å². The predicted octanol–water partition coefficient (Wildman–Crippen LogP) is 1.37. The predicted molar refractivity (Wildman–Crippen MR) is 63.7 cm³/mol. The highest BCUT2D eigenvalue weighted by Gasteiger charge is 2.09. The average Bonchev–Trinajstić information content (AvgIpc) is 2.28. The molecular formula is C11H12FNO3S. The minimum Gasteiger partial charge on any atom is -0.481 e. The van der Waals surface area contributed by atoms with E-state index in [1.54, 1.807) is 6.07 Å². The molecule has 4 nitrogen and oxygen atoms in total. The lowest BCUT2D eigenvalue weighted by Gasteiger charge is -2.05. The zero-order valence-electron chi connectivity index (χ0n) is 8.98. The first-order chi connectivity index (χ1) is 8.11. The maximum Gasteiger partial charge on any atom is 0.313 e. The molecule has 92 valence electrons. The Hall–Kier alpha value is -1.56. The molecule has 0 fully saturated rings. The molecule has 6 heteroatoms. The number of rotatable bonds is 6. The second-order valence-electron chi connectivity index (χ2n) is 3.18. The molecule has 1 aromatic rings. The van der Waals surface area contributed by atoms with E-state index >= 15 is 0 Å². The van der Waals surface area contributed by atoms with Crippen molar-refractivity contribution in [2.24, 2.45) is 0 Å². The maximum absolute atomic E-state index is 13.2. The van der Waals surface area contributed by atoms with Crippen molar-refractivity contribution in [3.05, 3.63) is 35.6 Å². The largest absolute Gasteiger partial charge is 0.481 e. The number of thioether (sulfide) groups is 1. The number of carboxylic acid groups (broad SMARTS) is 1. The van der Waals surface area contributed by atoms with Crippen molar-refractivity contribution in [3.8, 4) is 0 Å². The normalized spacial score (nSPS) is 9.94. The minimum atomic E-state index is -0.893. The van der Waals surface area contributed by atoms with Gasteiger partial charge in [-0.3, -0.25) is 9.59 Å². The maximum atomic E-state index is 13.2. The fraction of sp³-hybridized carbons (Fsp3) is 0.273. The molecular weight excluding hydrogens is 245 g/mol. The number of benzene rings is 1. The van der Waals surface area contributed by atoms with E-state index in [2.05, 4.69) is 5.32 Å². The molecule has 0 aliphatic rings. The third kappa shape index (κ3) is 4.86. The van der Waals surface area contributed by atoms with Crippen molar-refractivity contribution in [3.63, 3.8) is 0 Å². The minimum absolute atomic E-state index is 0.00395. The number of hydrogen-bond donors (Lipinski definition) is 2. The number of nitrogens with one attached hydrogen (secondary N) is 1. The summed E-state index contributed by atoms with van der Waals surface area (Å²) in [4.78, 5) is 21.7. The Balaban J connectivity index is 2.31. The molecule has 0 aliphatic carbocycles. The van der Waals surface area contributed by atoms with Gasteiger partial charge in [0.1, 0.15) is 5.82 Å². The fourth-order valence-electron chi connectivity index (χ4n) is 1.14. The molecule has 1 aromatic carbocycles. The van der Waals surface area contributed by atoms with Crippen LogP contribution in [0.5, 0.6) is 0 Å². The number of amides is 1. The van der Waals surface area contributed by atoms with Gasteiger partial charge in [0.25, 0.3) is 5.91 Å². The lowest BCUT2D eigenvalue weighted by atomic mass is 10.2. The van der Waals surface area contributed by atoms with E-state index in [4.69, 9.17) is 5.11 Å². The van der Waals surface area contributed by atoms with Gasteiger partial charge in [0.2, 0.25) is 0 Å². The van der Waals surface area contributed by atoms with Gasteiger partial charge < -0.3 is 10.4 Å². The highest BCUT2D eigenvalue weighted by Crippen LogP contribution is 2.05. The number of hydrogen-bond acceptors (Lipinski definition) is 3. The molecule has 0 aromatic heterocycles. The van der Waals surface area contributed by atoms with Crippen molar-refractivity contribution < 1.29 is 19.1 Å². The van der Waals surface area contributed by atoms with Gasteiger partial charge in [-0.25, -0.2) is 4.39 Å². The zero-order valence-corrected chi connectivity index (χ0v) is 9.80. The van der Waals surface area contributed by atoms with Crippen molar-refractivity contribution in [2.75, 3.05) is 18.1 Å². The summed E-state index contributed by atoms with van der Waals surface area (Å²) in [6.45, 7) is 0.311. The molecule has 0 spiro atoms. The van der Waals surface area contributed by atoms with Crippen LogP contribution in [0, 0.1) is 5.82 Å². The van der Waals surface area contributed by atoms with Crippen molar-refractivity contribution in [1.29, 1.82) is 0 Å². The lowest BCUT2D eigenvalue weighted by molar-refractivity contribution is -0.133. The van der Waals surface area contributed by atoms with Crippen LogP contribution in [0.1, 0.15) is 10.4 Å². The second kappa shape index (κ2) is 6.90. The van der Waals surface area contributed by atoms with E-state index in [0.29, 0.717) is 12.3 Å². The van der Waals surface area contributed by atoms with Crippen LogP contribution in [0.25, 0.3) is 0 Å². The molecule has 0 bridgehead atoms. The number of carboxylic acids is 1. The first-order valence-electron chi connectivity index (χ1n) is 4.93. The quantitative estimate of drug-likeness (QED) is 0.755. The lowest BCUT2D eigenvalue weighted by Crippen LogP contribution is -2.26. The van der Waals surface area contributed by atoms with E-state index in [9.17, 15) is 14.0 Å². The first kappa shape index (κ1) is 13.5. The summed E-state index contributed by atoms with van der Waals surface area (Å²) in [5, 5.41) is 10.9. The summed E-state index contributed by atoms with van der Waals surface area (Å²) in [5.74, 6) is -1.47. The Morgan fingerprint density at radius 2 is 2.06 bits per heavy atom. The molecule has 0 radical (unpaired) electrons. The molecule has 1 amide bonds. The highest BCUT2D eigenvalue weighted by molar-refractivity contribution is 7.99. The van der Waals surface area contributed by atoms with Gasteiger partial charge >= 0.3 is 5.97 Å². The molecule has 0 heterocycles. The Kier molecular flexibility index (Phi) is 5.48. The Morgan fingerprint density at radius 3 is 2.71 bits per heavy atom. The first-order valence-corrected chi connectivity index (χ1v) is 6.09. The van der Waals surface area contributed by atoms with Crippen LogP contribution < -0.4 is 5.32 Å². The highest BCUT2D eigenvalue weighted by atomic mass is 32.2. The van der Waals surface area contributed by atoms with E-state index in [0.717, 1.165) is 0 Å². The number of halogens is 1. The summed E-state index contributed by atoms with van der Waals surface area (Å²) >= 11 is 1.19. The van der Waals surface area contributed by atoms with E-state index < -0.39 is 17.7 Å². The summed E-state index contributed by atoms with van der Waals surface area (Å²) in [6.07, 6.45) is 0. The van der Waals surface area contributed by atoms with Gasteiger partial charge in [-0.15, -0.1) is 11.8 Å². The van der Waals surface area contributed by atoms with Crippen molar-refractivity contribution >= 4 is 23.6 Å². The smallest absolute Gasteiger partial charge is 0.313 e. The Labute approximate surface area is 102 Å². The second-order valence-corrected chi connectivity index (χ2v) is 4.29. The fourth-order valence-corrected chi connectivity index (χ4v) is 1.70. The van der Waals surface area contributed by atoms with Crippen LogP contribution >= 0.6 is 11.8 Å². The van der Waals surface area contributed by atoms with Crippen molar-refractivity contribution in [2.45, 2.75) is 0 Å². The van der Waals surface area contributed by atoms with Crippen LogP contribution in [-0.4, -0.2) is 35.0 Å². The zero-order chi connectivity index (χ0) is 12.7. The van der Waals surface area contributed by atoms with Gasteiger partial charge in [-0.2, -0.15) is 0 Å². The summed E-state index contributed by atoms with van der Waals surface area (Å²) in [6, 6.07) is 5.70. The van der Waals surface area contributed by atoms with E-state index in [1.807, 2.05) is 0 Å². The van der Waals surface area contributed by atoms with Crippen LogP contribution in [-0.2, 0) is 4.79 Å². The molecule has 0 unspecified atom stereocenters. The molecule has 17 heavy (non-hydrogen) atoms. The average molecular weight is 257 g/mol. The van der Waals surface area contributed by atoms with Crippen LogP contribution in [0.2, 0.25) is 0 Å². The Bertz CT molecular complexity index is 411. The SMILES string of the molecule is O=C(O)CSCCNC(=O)c1ccccc1F. The van der Waals surface area contributed by atoms with Gasteiger partial charge in [-0.1, -0.05) is 12.1 Å². The number of carbonyl (C=O) groups excluding carboxylic acids is 1. The van der Waals surface area contributed by atoms with Gasteiger partial charge in [0.15, 0.2) is 0 Å². The van der Waals surface area contributed by atoms with Crippen molar-refractivity contribution in [1.82, 2.24) is 5.32 Å². The van der Waals surface area contributed by atoms with Gasteiger partial charge in [0.05, 0.1) is 11.3 Å². The molecule has 0 atom stereocenters. The summed E-state index contributed by atoms with van der Waals surface area (Å²) in [5.41, 5.74) is -0.00395. The molecule has 0 saturated carbocycles. The third-order valence-electron chi connectivity index (χ3n) is 1.88. The molecule has 1 rings (SSSR count). The van der Waals surface area contributed by atoms with Gasteiger partial charge in [0, 0.05) is 12.3 Å². The van der Waals surface area contributed by atoms with E-state index in [-0.39, 0.29) is 11.3 Å². The topological polar surface area (TPSA) is 66.4 Å². The van der Waals surface area contributed by atoms with Crippen LogP contribution in [0.15, 0.2) is 24.3 Å². The summed E-state index contributed by atoms with van der Waals surface area (Å²) in [7, 11) is 0. The Morgan fingerprint density at radius 1 is 1.35 bits per heavy atom. The number of carbonyl (C=O) groups is 2. The standard InChI is InChI=1S/C11H12FNO3S/c12-9-4-2-1-3-8(9)11(16)13-5-6-17-7-10(14)15/h1-4H,5-7H2,(H,13,16)(H,14,15). The third-order valence-corrected chi connectivity index (χ3v) is 2.82. The molecule has 0 saturated heterocycles. The molecule has 2 N–H and O–H groups in total. The van der Waals surface area contributed by atoms with Crippen LogP contribution in [0.3, 0.4) is 0 Å². The van der Waals surface area contributed by atoms with Crippen LogP contribution in [0.4, 0.5) is 4.39 Å². The summed E-state index contributed by atoms with van der Waals surface area (Å²) < 4.78 is 13.2. The monoisotopic (exact) mass is 257 g/mol. The molecule has 0 aliphatic heterocycles. The van der Waals surface area contributed by atoms with E-state index in [1.165, 1.54) is 30.0 Å². The number of aliphatic carboxylic acids is 1.